The van der Waals surface area contributed by atoms with Crippen molar-refractivity contribution in [3.8, 4) is 0 Å². The predicted molar refractivity (Wildman–Crippen MR) is 89.7 cm³/mol. The number of aliphatic hydroxyl groups is 1. The molecule has 0 saturated carbocycles. The van der Waals surface area contributed by atoms with Crippen LogP contribution in [-0.4, -0.2) is 33.0 Å². The molecule has 0 bridgehead atoms. The fourth-order valence-corrected chi connectivity index (χ4v) is 2.71. The van der Waals surface area contributed by atoms with E-state index in [4.69, 9.17) is 0 Å². The van der Waals surface area contributed by atoms with Crippen LogP contribution < -0.4 is 5.32 Å². The van der Waals surface area contributed by atoms with E-state index < -0.39 is 0 Å². The maximum absolute atomic E-state index is 9.61. The summed E-state index contributed by atoms with van der Waals surface area (Å²) in [5, 5.41) is 18.5. The molecule has 5 heteroatoms. The molecule has 122 valence electrons. The van der Waals surface area contributed by atoms with Crippen molar-refractivity contribution in [1.29, 1.82) is 0 Å². The van der Waals surface area contributed by atoms with Crippen molar-refractivity contribution in [1.82, 2.24) is 20.1 Å². The van der Waals surface area contributed by atoms with Crippen molar-refractivity contribution >= 4 is 11.0 Å². The topological polar surface area (TPSA) is 63.0 Å². The van der Waals surface area contributed by atoms with Gasteiger partial charge in [-0.25, -0.2) is 9.67 Å². The molecule has 2 rings (SSSR count). The van der Waals surface area contributed by atoms with Crippen LogP contribution in [0.4, 0.5) is 0 Å². The van der Waals surface area contributed by atoms with Gasteiger partial charge < -0.3 is 10.4 Å². The molecule has 0 unspecified atom stereocenters. The van der Waals surface area contributed by atoms with Gasteiger partial charge in [-0.1, -0.05) is 13.8 Å². The summed E-state index contributed by atoms with van der Waals surface area (Å²) < 4.78 is 1.94. The normalized spacial score (nSPS) is 12.5. The minimum Gasteiger partial charge on any atom is -0.396 e. The molecule has 2 heterocycles. The number of hydrogen-bond donors (Lipinski definition) is 2. The Kier molecular flexibility index (Phi) is 5.53. The molecule has 0 aromatic carbocycles. The zero-order chi connectivity index (χ0) is 16.2. The maximum atomic E-state index is 9.61. The van der Waals surface area contributed by atoms with Crippen LogP contribution in [0.1, 0.15) is 52.1 Å². The van der Waals surface area contributed by atoms with Gasteiger partial charge in [0.1, 0.15) is 0 Å². The highest BCUT2D eigenvalue weighted by atomic mass is 16.3. The first-order chi connectivity index (χ1) is 10.5. The molecule has 5 nitrogen and oxygen atoms in total. The number of nitrogens with zero attached hydrogens (tertiary/aromatic N) is 3. The lowest BCUT2D eigenvalue weighted by Gasteiger charge is -2.29. The predicted octanol–water partition coefficient (Wildman–Crippen LogP) is 2.90. The highest BCUT2D eigenvalue weighted by molar-refractivity contribution is 5.75. The summed E-state index contributed by atoms with van der Waals surface area (Å²) >= 11 is 0. The van der Waals surface area contributed by atoms with Gasteiger partial charge in [0.2, 0.25) is 0 Å². The maximum Gasteiger partial charge on any atom is 0.157 e. The summed E-state index contributed by atoms with van der Waals surface area (Å²) in [6, 6.07) is 2.45. The third kappa shape index (κ3) is 3.47. The molecule has 2 aromatic heterocycles. The van der Waals surface area contributed by atoms with Crippen molar-refractivity contribution < 1.29 is 5.11 Å². The van der Waals surface area contributed by atoms with E-state index in [1.54, 1.807) is 0 Å². The van der Waals surface area contributed by atoms with Crippen LogP contribution in [0.3, 0.4) is 0 Å². The number of rotatable bonds is 8. The molecule has 22 heavy (non-hydrogen) atoms. The molecule has 0 aliphatic rings. The Morgan fingerprint density at radius 1 is 1.27 bits per heavy atom. The molecule has 0 spiro atoms. The molecule has 0 atom stereocenters. The molecular formula is C17H28N4O. The molecule has 0 aliphatic carbocycles. The van der Waals surface area contributed by atoms with Gasteiger partial charge in [-0.3, -0.25) is 0 Å². The lowest BCUT2D eigenvalue weighted by molar-refractivity contribution is 0.113. The second kappa shape index (κ2) is 7.20. The van der Waals surface area contributed by atoms with E-state index in [1.165, 1.54) is 0 Å². The summed E-state index contributed by atoms with van der Waals surface area (Å²) in [5.41, 5.74) is 2.07. The van der Waals surface area contributed by atoms with Crippen molar-refractivity contribution in [3.63, 3.8) is 0 Å². The van der Waals surface area contributed by atoms with Crippen LogP contribution >= 0.6 is 0 Å². The van der Waals surface area contributed by atoms with Crippen molar-refractivity contribution in [2.45, 2.75) is 53.1 Å². The van der Waals surface area contributed by atoms with Crippen LogP contribution in [0.15, 0.2) is 18.5 Å². The van der Waals surface area contributed by atoms with Gasteiger partial charge in [0.25, 0.3) is 0 Å². The highest BCUT2D eigenvalue weighted by Gasteiger charge is 2.24. The molecular weight excluding hydrogens is 276 g/mol. The molecule has 0 saturated heterocycles. The molecule has 2 aromatic rings. The quantitative estimate of drug-likeness (QED) is 0.787. The van der Waals surface area contributed by atoms with Crippen LogP contribution in [-0.2, 0) is 6.54 Å². The van der Waals surface area contributed by atoms with Gasteiger partial charge in [0.15, 0.2) is 5.65 Å². The summed E-state index contributed by atoms with van der Waals surface area (Å²) in [7, 11) is 0. The fourth-order valence-electron chi connectivity index (χ4n) is 2.71. The van der Waals surface area contributed by atoms with E-state index in [0.717, 1.165) is 42.5 Å². The summed E-state index contributed by atoms with van der Waals surface area (Å²) in [5.74, 6) is 0. The van der Waals surface area contributed by atoms with Crippen LogP contribution in [0, 0.1) is 5.41 Å². The Balaban J connectivity index is 2.04. The fraction of sp³-hybridized carbons (Fsp3) is 0.647. The van der Waals surface area contributed by atoms with E-state index in [1.807, 2.05) is 17.1 Å². The van der Waals surface area contributed by atoms with Gasteiger partial charge in [0, 0.05) is 42.7 Å². The minimum absolute atomic E-state index is 0.0138. The van der Waals surface area contributed by atoms with E-state index >= 15 is 0 Å². The lowest BCUT2D eigenvalue weighted by Crippen LogP contribution is -2.36. The average molecular weight is 304 g/mol. The van der Waals surface area contributed by atoms with Crippen molar-refractivity contribution in [2.75, 3.05) is 13.2 Å². The van der Waals surface area contributed by atoms with Gasteiger partial charge in [-0.2, -0.15) is 5.10 Å². The Labute approximate surface area is 132 Å². The number of pyridine rings is 1. The Bertz CT molecular complexity index is 593. The monoisotopic (exact) mass is 304 g/mol. The van der Waals surface area contributed by atoms with Gasteiger partial charge in [-0.15, -0.1) is 0 Å². The van der Waals surface area contributed by atoms with Crippen LogP contribution in [0.5, 0.6) is 0 Å². The molecule has 0 amide bonds. The van der Waals surface area contributed by atoms with Gasteiger partial charge in [-0.05, 0) is 38.3 Å². The summed E-state index contributed by atoms with van der Waals surface area (Å²) in [4.78, 5) is 4.55. The van der Waals surface area contributed by atoms with Crippen molar-refractivity contribution in [3.05, 3.63) is 24.0 Å². The van der Waals surface area contributed by atoms with E-state index in [9.17, 15) is 5.11 Å². The van der Waals surface area contributed by atoms with E-state index in [-0.39, 0.29) is 12.0 Å². The second-order valence-corrected chi connectivity index (χ2v) is 6.41. The number of hydrogen-bond acceptors (Lipinski definition) is 4. The smallest absolute Gasteiger partial charge is 0.157 e. The first kappa shape index (κ1) is 16.9. The lowest BCUT2D eigenvalue weighted by atomic mass is 9.83. The molecule has 2 N–H and O–H groups in total. The standard InChI is InChI=1S/C17H28N4O/c1-5-17(6-2,12-22)11-18-8-14-7-15-10-20-21(13(3)4)16(15)19-9-14/h7,9-10,13,18,22H,5-6,8,11-12H2,1-4H3. The third-order valence-electron chi connectivity index (χ3n) is 4.64. The summed E-state index contributed by atoms with van der Waals surface area (Å²) in [6.07, 6.45) is 5.74. The third-order valence-corrected chi connectivity index (χ3v) is 4.64. The number of nitrogens with one attached hydrogen (secondary N) is 1. The first-order valence-electron chi connectivity index (χ1n) is 8.19. The molecule has 0 radical (unpaired) electrons. The number of aromatic nitrogens is 3. The molecule has 0 aliphatic heterocycles. The summed E-state index contributed by atoms with van der Waals surface area (Å²) in [6.45, 7) is 10.3. The first-order valence-corrected chi connectivity index (χ1v) is 8.19. The average Bonchev–Trinajstić information content (AvgIpc) is 2.95. The highest BCUT2D eigenvalue weighted by Crippen LogP contribution is 2.24. The van der Waals surface area contributed by atoms with E-state index in [0.29, 0.717) is 6.04 Å². The van der Waals surface area contributed by atoms with E-state index in [2.05, 4.69) is 49.2 Å². The van der Waals surface area contributed by atoms with Gasteiger partial charge in [0.05, 0.1) is 6.20 Å². The second-order valence-electron chi connectivity index (χ2n) is 6.41. The zero-order valence-corrected chi connectivity index (χ0v) is 14.1. The largest absolute Gasteiger partial charge is 0.396 e. The Hall–Kier alpha value is -1.46. The minimum atomic E-state index is -0.0138. The van der Waals surface area contributed by atoms with Crippen LogP contribution in [0.2, 0.25) is 0 Å². The van der Waals surface area contributed by atoms with Crippen LogP contribution in [0.25, 0.3) is 11.0 Å². The Morgan fingerprint density at radius 3 is 2.59 bits per heavy atom. The van der Waals surface area contributed by atoms with Gasteiger partial charge >= 0.3 is 0 Å². The zero-order valence-electron chi connectivity index (χ0n) is 14.1. The number of fused-ring (bicyclic) bond motifs is 1. The number of aliphatic hydroxyl groups excluding tert-OH is 1. The molecule has 0 fully saturated rings. The Morgan fingerprint density at radius 2 is 2.00 bits per heavy atom. The SMILES string of the molecule is CCC(CC)(CO)CNCc1cnc2c(cnn2C(C)C)c1. The van der Waals surface area contributed by atoms with Crippen molar-refractivity contribution in [2.24, 2.45) is 5.41 Å².